The summed E-state index contributed by atoms with van der Waals surface area (Å²) < 4.78 is 21.8. The number of hydrogen-bond donors (Lipinski definition) is 1. The van der Waals surface area contributed by atoms with Crippen LogP contribution in [0.5, 0.6) is 0 Å². The molecule has 0 radical (unpaired) electrons. The van der Waals surface area contributed by atoms with E-state index < -0.39 is 65.7 Å². The number of epoxide rings is 1. The van der Waals surface area contributed by atoms with E-state index >= 15 is 0 Å². The summed E-state index contributed by atoms with van der Waals surface area (Å²) in [4.78, 5) is 49.6. The number of esters is 3. The fourth-order valence-corrected chi connectivity index (χ4v) is 4.18. The van der Waals surface area contributed by atoms with Crippen LogP contribution in [0.1, 0.15) is 34.1 Å². The third-order valence-electron chi connectivity index (χ3n) is 5.86. The highest BCUT2D eigenvalue weighted by Gasteiger charge is 2.62. The molecule has 9 heteroatoms. The van der Waals surface area contributed by atoms with Crippen molar-refractivity contribution >= 4 is 23.7 Å². The molecule has 3 aliphatic rings. The maximum Gasteiger partial charge on any atom is 0.334 e. The van der Waals surface area contributed by atoms with Crippen LogP contribution in [-0.2, 0) is 38.1 Å². The van der Waals surface area contributed by atoms with Crippen molar-refractivity contribution in [3.63, 3.8) is 0 Å². The van der Waals surface area contributed by atoms with Gasteiger partial charge >= 0.3 is 17.9 Å². The van der Waals surface area contributed by atoms with Crippen LogP contribution in [0.15, 0.2) is 24.3 Å². The Morgan fingerprint density at radius 3 is 2.43 bits per heavy atom. The third-order valence-corrected chi connectivity index (χ3v) is 5.86. The van der Waals surface area contributed by atoms with Crippen molar-refractivity contribution in [1.82, 2.24) is 0 Å². The van der Waals surface area contributed by atoms with Crippen LogP contribution in [0.25, 0.3) is 0 Å². The molecular formula is C21H26O9. The summed E-state index contributed by atoms with van der Waals surface area (Å²) in [5, 5.41) is 11.2. The maximum absolute atomic E-state index is 13.0. The van der Waals surface area contributed by atoms with E-state index in [-0.39, 0.29) is 17.1 Å². The van der Waals surface area contributed by atoms with E-state index in [4.69, 9.17) is 18.9 Å². The summed E-state index contributed by atoms with van der Waals surface area (Å²) in [6.07, 6.45) is -4.87. The lowest BCUT2D eigenvalue weighted by molar-refractivity contribution is -0.196. The van der Waals surface area contributed by atoms with Gasteiger partial charge in [0.1, 0.15) is 12.2 Å². The van der Waals surface area contributed by atoms with E-state index in [1.165, 1.54) is 13.8 Å². The van der Waals surface area contributed by atoms with Gasteiger partial charge in [-0.25, -0.2) is 9.59 Å². The van der Waals surface area contributed by atoms with Gasteiger partial charge in [-0.15, -0.1) is 0 Å². The van der Waals surface area contributed by atoms with Crippen LogP contribution >= 0.6 is 0 Å². The van der Waals surface area contributed by atoms with Crippen molar-refractivity contribution in [3.05, 3.63) is 24.3 Å². The Bertz CT molecular complexity index is 826. The number of carbonyl (C=O) groups is 4. The predicted octanol–water partition coefficient (Wildman–Crippen LogP) is 0.631. The lowest BCUT2D eigenvalue weighted by Crippen LogP contribution is -2.60. The third kappa shape index (κ3) is 3.79. The summed E-state index contributed by atoms with van der Waals surface area (Å²) >= 11 is 0. The van der Waals surface area contributed by atoms with Gasteiger partial charge in [0.2, 0.25) is 0 Å². The van der Waals surface area contributed by atoms with Gasteiger partial charge in [0.05, 0.1) is 12.0 Å². The minimum absolute atomic E-state index is 0.000884. The van der Waals surface area contributed by atoms with Gasteiger partial charge in [-0.05, 0) is 26.2 Å². The van der Waals surface area contributed by atoms with Gasteiger partial charge in [0, 0.05) is 18.1 Å². The Kier molecular flexibility index (Phi) is 5.64. The van der Waals surface area contributed by atoms with Gasteiger partial charge in [0.15, 0.2) is 23.6 Å². The molecule has 8 atom stereocenters. The van der Waals surface area contributed by atoms with E-state index in [1.54, 1.807) is 0 Å². The first kappa shape index (κ1) is 22.2. The van der Waals surface area contributed by atoms with Gasteiger partial charge < -0.3 is 24.1 Å². The Hall–Kier alpha value is -2.52. The molecule has 3 rings (SSSR count). The zero-order valence-electron chi connectivity index (χ0n) is 17.4. The second-order valence-corrected chi connectivity index (χ2v) is 8.42. The largest absolute Gasteiger partial charge is 0.458 e. The second kappa shape index (κ2) is 7.63. The van der Waals surface area contributed by atoms with Crippen molar-refractivity contribution in [2.24, 2.45) is 11.8 Å². The second-order valence-electron chi connectivity index (χ2n) is 8.42. The fraction of sp³-hybridized carbons (Fsp3) is 0.619. The lowest BCUT2D eigenvalue weighted by atomic mass is 9.75. The van der Waals surface area contributed by atoms with Crippen LogP contribution in [0.4, 0.5) is 0 Å². The molecule has 0 aromatic rings. The molecule has 0 aromatic carbocycles. The Morgan fingerprint density at radius 2 is 1.87 bits per heavy atom. The van der Waals surface area contributed by atoms with Crippen LogP contribution in [0.2, 0.25) is 0 Å². The highest BCUT2D eigenvalue weighted by molar-refractivity contribution is 5.95. The molecule has 0 amide bonds. The fourth-order valence-electron chi connectivity index (χ4n) is 4.18. The standard InChI is InChI=1S/C21H26O9/c1-8(2)19(24)30-15-13-10(4)20(25)28-12(13)7-9(3)14-16(29-14)17(23)21(6,26)18(15)27-11(5)22/h9,12-16,18,26H,1,4,7H2,2-3,5-6H3/t9-,12-,13-,14+,15+,16?,18-,21+/m1/s1. The Morgan fingerprint density at radius 1 is 1.23 bits per heavy atom. The normalized spacial score (nSPS) is 40.6. The van der Waals surface area contributed by atoms with Crippen LogP contribution in [-0.4, -0.2) is 64.9 Å². The molecule has 1 saturated carbocycles. The maximum atomic E-state index is 13.0. The van der Waals surface area contributed by atoms with Crippen molar-refractivity contribution in [3.8, 4) is 0 Å². The minimum atomic E-state index is -2.27. The molecule has 1 aliphatic carbocycles. The summed E-state index contributed by atoms with van der Waals surface area (Å²) in [5.74, 6) is -4.16. The summed E-state index contributed by atoms with van der Waals surface area (Å²) in [6, 6.07) is 0. The van der Waals surface area contributed by atoms with Crippen molar-refractivity contribution in [1.29, 1.82) is 0 Å². The highest BCUT2D eigenvalue weighted by atomic mass is 16.6. The van der Waals surface area contributed by atoms with Crippen molar-refractivity contribution in [2.75, 3.05) is 0 Å². The smallest absolute Gasteiger partial charge is 0.334 e. The Labute approximate surface area is 174 Å². The topological polar surface area (TPSA) is 129 Å². The average Bonchev–Trinajstić information content (AvgIpc) is 3.39. The van der Waals surface area contributed by atoms with E-state index in [0.29, 0.717) is 6.42 Å². The first-order valence-corrected chi connectivity index (χ1v) is 9.71. The van der Waals surface area contributed by atoms with Crippen LogP contribution in [0, 0.1) is 11.8 Å². The van der Waals surface area contributed by atoms with Crippen molar-refractivity contribution in [2.45, 2.75) is 70.2 Å². The quantitative estimate of drug-likeness (QED) is 0.301. The SMILES string of the molecule is C=C(C)C(=O)O[C@H]1[C@@H]2C(=C)C(=O)O[C@@H]2C[C@@H](C)[C@@H]2OC2C(=O)[C@](C)(O)[C@@H]1OC(C)=O. The minimum Gasteiger partial charge on any atom is -0.458 e. The molecule has 2 saturated heterocycles. The average molecular weight is 422 g/mol. The molecule has 0 aromatic heterocycles. The number of Topliss-reactive ketones (excluding diaryl/α,β-unsaturated/α-hetero) is 1. The van der Waals surface area contributed by atoms with E-state index in [2.05, 4.69) is 13.2 Å². The van der Waals surface area contributed by atoms with E-state index in [1.807, 2.05) is 6.92 Å². The van der Waals surface area contributed by atoms with Gasteiger partial charge in [-0.2, -0.15) is 0 Å². The molecule has 0 bridgehead atoms. The number of aliphatic hydroxyl groups is 1. The summed E-state index contributed by atoms with van der Waals surface area (Å²) in [5.41, 5.74) is -2.22. The molecule has 1 N–H and O–H groups in total. The predicted molar refractivity (Wildman–Crippen MR) is 101 cm³/mol. The summed E-state index contributed by atoms with van der Waals surface area (Å²) in [6.45, 7) is 12.8. The van der Waals surface area contributed by atoms with Gasteiger partial charge in [-0.3, -0.25) is 9.59 Å². The first-order valence-electron chi connectivity index (χ1n) is 9.71. The number of rotatable bonds is 3. The molecule has 164 valence electrons. The summed E-state index contributed by atoms with van der Waals surface area (Å²) in [7, 11) is 0. The van der Waals surface area contributed by atoms with Gasteiger partial charge in [-0.1, -0.05) is 20.1 Å². The van der Waals surface area contributed by atoms with Crippen LogP contribution in [0.3, 0.4) is 0 Å². The molecule has 2 heterocycles. The number of carbonyl (C=O) groups excluding carboxylic acids is 4. The van der Waals surface area contributed by atoms with E-state index in [0.717, 1.165) is 6.92 Å². The first-order chi connectivity index (χ1) is 13.9. The van der Waals surface area contributed by atoms with Crippen molar-refractivity contribution < 1.29 is 43.2 Å². The number of ether oxygens (including phenoxy) is 4. The molecule has 1 unspecified atom stereocenters. The van der Waals surface area contributed by atoms with E-state index in [9.17, 15) is 24.3 Å². The molecule has 30 heavy (non-hydrogen) atoms. The molecule has 0 spiro atoms. The molecular weight excluding hydrogens is 396 g/mol. The monoisotopic (exact) mass is 422 g/mol. The Balaban J connectivity index is 2.14. The lowest BCUT2D eigenvalue weighted by Gasteiger charge is -2.39. The zero-order chi connectivity index (χ0) is 22.5. The number of hydrogen-bond acceptors (Lipinski definition) is 9. The highest BCUT2D eigenvalue weighted by Crippen LogP contribution is 2.45. The molecule has 2 aliphatic heterocycles. The zero-order valence-corrected chi connectivity index (χ0v) is 17.4. The van der Waals surface area contributed by atoms with Crippen LogP contribution < -0.4 is 0 Å². The van der Waals surface area contributed by atoms with Gasteiger partial charge in [0.25, 0.3) is 0 Å². The molecule has 3 fully saturated rings. The number of fused-ring (bicyclic) bond motifs is 2. The molecule has 9 nitrogen and oxygen atoms in total. The number of ketones is 1.